The second kappa shape index (κ2) is 17.4. The molecular formula is C34H52O2. The van der Waals surface area contributed by atoms with Crippen LogP contribution in [0.5, 0.6) is 0 Å². The maximum atomic E-state index is 11.8. The van der Waals surface area contributed by atoms with Gasteiger partial charge in [-0.1, -0.05) is 147 Å². The molecule has 0 radical (unpaired) electrons. The Morgan fingerprint density at radius 3 is 1.69 bits per heavy atom. The lowest BCUT2D eigenvalue weighted by Crippen LogP contribution is -2.21. The monoisotopic (exact) mass is 492 g/mol. The van der Waals surface area contributed by atoms with Crippen LogP contribution >= 0.6 is 0 Å². The van der Waals surface area contributed by atoms with E-state index in [9.17, 15) is 9.90 Å². The molecule has 0 aliphatic carbocycles. The molecule has 2 aromatic carbocycles. The molecule has 2 nitrogen and oxygen atoms in total. The highest BCUT2D eigenvalue weighted by molar-refractivity contribution is 5.89. The summed E-state index contributed by atoms with van der Waals surface area (Å²) in [6, 6.07) is 16.2. The van der Waals surface area contributed by atoms with Crippen LogP contribution in [-0.4, -0.2) is 11.1 Å². The van der Waals surface area contributed by atoms with Gasteiger partial charge in [-0.15, -0.1) is 0 Å². The van der Waals surface area contributed by atoms with E-state index >= 15 is 0 Å². The van der Waals surface area contributed by atoms with E-state index in [2.05, 4.69) is 45.0 Å². The topological polar surface area (TPSA) is 37.3 Å². The number of carboxylic acid groups (broad SMARTS) is 1. The lowest BCUT2D eigenvalue weighted by atomic mass is 9.74. The van der Waals surface area contributed by atoms with Gasteiger partial charge in [-0.25, -0.2) is 4.79 Å². The van der Waals surface area contributed by atoms with Crippen molar-refractivity contribution in [1.82, 2.24) is 0 Å². The first-order valence-corrected chi connectivity index (χ1v) is 14.9. The lowest BCUT2D eigenvalue weighted by Gasteiger charge is -2.31. The maximum absolute atomic E-state index is 11.8. The Bertz CT molecular complexity index is 857. The van der Waals surface area contributed by atoms with E-state index in [1.165, 1.54) is 119 Å². The second-order valence-corrected chi connectivity index (χ2v) is 11.3. The summed E-state index contributed by atoms with van der Waals surface area (Å²) >= 11 is 0. The molecule has 0 amide bonds. The minimum Gasteiger partial charge on any atom is -0.478 e. The van der Waals surface area contributed by atoms with E-state index in [4.69, 9.17) is 0 Å². The van der Waals surface area contributed by atoms with E-state index in [1.54, 1.807) is 6.07 Å². The largest absolute Gasteiger partial charge is 0.478 e. The van der Waals surface area contributed by atoms with Gasteiger partial charge in [0.2, 0.25) is 0 Å². The molecule has 1 N–H and O–H groups in total. The van der Waals surface area contributed by atoms with Gasteiger partial charge in [0.15, 0.2) is 0 Å². The minimum atomic E-state index is -0.837. The average molecular weight is 493 g/mol. The zero-order chi connectivity index (χ0) is 26.1. The van der Waals surface area contributed by atoms with Gasteiger partial charge in [0.05, 0.1) is 5.56 Å². The number of rotatable bonds is 20. The zero-order valence-corrected chi connectivity index (χ0v) is 23.5. The Kier molecular flexibility index (Phi) is 14.5. The summed E-state index contributed by atoms with van der Waals surface area (Å²) in [5, 5.41) is 9.69. The van der Waals surface area contributed by atoms with Crippen LogP contribution in [0.25, 0.3) is 11.1 Å². The molecule has 0 aliphatic rings. The average Bonchev–Trinajstić information content (AvgIpc) is 2.88. The first-order valence-electron chi connectivity index (χ1n) is 14.9. The third-order valence-electron chi connectivity index (χ3n) is 7.82. The third kappa shape index (κ3) is 11.3. The molecule has 0 fully saturated rings. The Morgan fingerprint density at radius 2 is 1.19 bits per heavy atom. The Labute approximate surface area is 221 Å². The van der Waals surface area contributed by atoms with Gasteiger partial charge >= 0.3 is 5.97 Å². The molecule has 1 unspecified atom stereocenters. The van der Waals surface area contributed by atoms with Crippen LogP contribution in [0.4, 0.5) is 0 Å². The number of aromatic carboxylic acids is 1. The van der Waals surface area contributed by atoms with Crippen molar-refractivity contribution in [2.75, 3.05) is 0 Å². The van der Waals surface area contributed by atoms with Crippen LogP contribution in [0, 0.1) is 5.41 Å². The first-order chi connectivity index (χ1) is 17.5. The molecule has 0 aromatic heterocycles. The smallest absolute Gasteiger partial charge is 0.335 e. The van der Waals surface area contributed by atoms with Gasteiger partial charge < -0.3 is 5.11 Å². The summed E-state index contributed by atoms with van der Waals surface area (Å²) in [4.78, 5) is 11.8. The number of hydrogen-bond acceptors (Lipinski definition) is 1. The summed E-state index contributed by atoms with van der Waals surface area (Å²) in [6.45, 7) is 7.01. The van der Waals surface area contributed by atoms with Crippen LogP contribution in [-0.2, 0) is 6.42 Å². The third-order valence-corrected chi connectivity index (χ3v) is 7.82. The quantitative estimate of drug-likeness (QED) is 0.187. The van der Waals surface area contributed by atoms with Crippen molar-refractivity contribution < 1.29 is 9.90 Å². The van der Waals surface area contributed by atoms with Crippen LogP contribution in [0.15, 0.2) is 48.5 Å². The molecule has 2 aromatic rings. The van der Waals surface area contributed by atoms with E-state index < -0.39 is 5.97 Å². The molecule has 36 heavy (non-hydrogen) atoms. The second-order valence-electron chi connectivity index (χ2n) is 11.3. The fourth-order valence-electron chi connectivity index (χ4n) is 5.55. The van der Waals surface area contributed by atoms with Crippen molar-refractivity contribution >= 4 is 5.97 Å². The predicted octanol–water partition coefficient (Wildman–Crippen LogP) is 10.9. The normalized spacial score (nSPS) is 13.0. The van der Waals surface area contributed by atoms with Gasteiger partial charge in [0.1, 0.15) is 0 Å². The number of carboxylic acids is 1. The Balaban J connectivity index is 2.11. The molecule has 1 atom stereocenters. The van der Waals surface area contributed by atoms with Crippen molar-refractivity contribution in [2.24, 2.45) is 5.41 Å². The number of hydrogen-bond donors (Lipinski definition) is 1. The number of benzene rings is 2. The zero-order valence-electron chi connectivity index (χ0n) is 23.5. The van der Waals surface area contributed by atoms with Crippen LogP contribution < -0.4 is 0 Å². The maximum Gasteiger partial charge on any atom is 0.335 e. The van der Waals surface area contributed by atoms with Crippen molar-refractivity contribution in [2.45, 2.75) is 130 Å². The summed E-state index contributed by atoms with van der Waals surface area (Å²) in [6.07, 6.45) is 22.1. The molecular weight excluding hydrogens is 440 g/mol. The summed E-state index contributed by atoms with van der Waals surface area (Å²) in [5.41, 5.74) is 4.16. The van der Waals surface area contributed by atoms with E-state index in [-0.39, 0.29) is 5.41 Å². The van der Waals surface area contributed by atoms with Crippen molar-refractivity contribution in [3.63, 3.8) is 0 Å². The summed E-state index contributed by atoms with van der Waals surface area (Å²) in [5.74, 6) is -0.837. The van der Waals surface area contributed by atoms with E-state index in [0.29, 0.717) is 5.56 Å². The Morgan fingerprint density at radius 1 is 0.694 bits per heavy atom. The van der Waals surface area contributed by atoms with Crippen LogP contribution in [0.3, 0.4) is 0 Å². The van der Waals surface area contributed by atoms with Gasteiger partial charge in [0, 0.05) is 0 Å². The molecule has 0 heterocycles. The van der Waals surface area contributed by atoms with E-state index in [0.717, 1.165) is 6.42 Å². The molecule has 200 valence electrons. The van der Waals surface area contributed by atoms with Crippen LogP contribution in [0.2, 0.25) is 0 Å². The van der Waals surface area contributed by atoms with Gasteiger partial charge in [-0.05, 0) is 53.5 Å². The highest BCUT2D eigenvalue weighted by Crippen LogP contribution is 2.38. The predicted molar refractivity (Wildman–Crippen MR) is 156 cm³/mol. The highest BCUT2D eigenvalue weighted by atomic mass is 16.4. The Hall–Kier alpha value is -2.09. The number of unbranched alkanes of at least 4 members (excludes halogenated alkanes) is 12. The minimum absolute atomic E-state index is 0.202. The van der Waals surface area contributed by atoms with Crippen molar-refractivity contribution in [3.8, 4) is 11.1 Å². The molecule has 0 spiro atoms. The van der Waals surface area contributed by atoms with Crippen LogP contribution in [0.1, 0.15) is 139 Å². The molecule has 0 saturated heterocycles. The molecule has 0 bridgehead atoms. The van der Waals surface area contributed by atoms with E-state index in [1.807, 2.05) is 18.2 Å². The van der Waals surface area contributed by atoms with Gasteiger partial charge in [-0.2, -0.15) is 0 Å². The molecule has 2 rings (SSSR count). The van der Waals surface area contributed by atoms with Gasteiger partial charge in [-0.3, -0.25) is 0 Å². The van der Waals surface area contributed by atoms with Crippen molar-refractivity contribution in [3.05, 3.63) is 59.7 Å². The van der Waals surface area contributed by atoms with Crippen molar-refractivity contribution in [1.29, 1.82) is 0 Å². The fourth-order valence-corrected chi connectivity index (χ4v) is 5.55. The summed E-state index contributed by atoms with van der Waals surface area (Å²) in [7, 11) is 0. The standard InChI is InChI=1S/C34H52O2/c1-4-6-8-10-12-13-15-20-26-34(3,25-19-14-11-9-7-5-2)28-31-27-30(33(35)36)23-24-32(31)29-21-17-16-18-22-29/h16-18,21-24,27H,4-15,19-20,25-26,28H2,1-3H3,(H,35,36). The first kappa shape index (κ1) is 30.1. The highest BCUT2D eigenvalue weighted by Gasteiger charge is 2.26. The lowest BCUT2D eigenvalue weighted by molar-refractivity contribution is 0.0696. The number of carbonyl (C=O) groups is 1. The SMILES string of the molecule is CCCCCCCCCCC(C)(CCCCCCCC)Cc1cc(C(=O)O)ccc1-c1ccccc1. The molecule has 0 saturated carbocycles. The fraction of sp³-hybridized carbons (Fsp3) is 0.618. The summed E-state index contributed by atoms with van der Waals surface area (Å²) < 4.78 is 0. The van der Waals surface area contributed by atoms with Gasteiger partial charge in [0.25, 0.3) is 0 Å². The molecule has 2 heteroatoms. The molecule has 0 aliphatic heterocycles.